The van der Waals surface area contributed by atoms with Crippen LogP contribution in [0.1, 0.15) is 29.3 Å². The molecule has 0 spiro atoms. The largest absolute Gasteiger partial charge is 0.379 e. The van der Waals surface area contributed by atoms with Crippen LogP contribution in [0.2, 0.25) is 0 Å². The van der Waals surface area contributed by atoms with Crippen LogP contribution >= 0.6 is 28.1 Å². The molecule has 2 fully saturated rings. The highest BCUT2D eigenvalue weighted by Crippen LogP contribution is 2.66. The van der Waals surface area contributed by atoms with E-state index in [-0.39, 0.29) is 11.2 Å². The molecule has 1 saturated carbocycles. The fourth-order valence-corrected chi connectivity index (χ4v) is 5.40. The van der Waals surface area contributed by atoms with E-state index in [9.17, 15) is 4.39 Å². The molecule has 0 bridgehead atoms. The third-order valence-electron chi connectivity index (χ3n) is 6.20. The number of fused-ring (bicyclic) bond motifs is 3. The SMILES string of the molecule is Fc1ccc(Br)cc1[C@]12C[C@H]1c1c(CCN3CCOCC3)[nH]c(=S)n1C2. The molecule has 2 aromatic rings. The van der Waals surface area contributed by atoms with Gasteiger partial charge in [0.15, 0.2) is 4.77 Å². The molecule has 4 nitrogen and oxygen atoms in total. The zero-order valence-electron chi connectivity index (χ0n) is 14.4. The van der Waals surface area contributed by atoms with Gasteiger partial charge in [0, 0.05) is 59.8 Å². The first kappa shape index (κ1) is 17.1. The second-order valence-electron chi connectivity index (χ2n) is 7.62. The summed E-state index contributed by atoms with van der Waals surface area (Å²) in [4.78, 5) is 5.86. The van der Waals surface area contributed by atoms with Crippen molar-refractivity contribution in [1.29, 1.82) is 0 Å². The van der Waals surface area contributed by atoms with Gasteiger partial charge in [-0.3, -0.25) is 4.90 Å². The van der Waals surface area contributed by atoms with Crippen molar-refractivity contribution < 1.29 is 9.13 Å². The third-order valence-corrected chi connectivity index (χ3v) is 7.01. The molecule has 3 aliphatic rings. The molecule has 7 heteroatoms. The van der Waals surface area contributed by atoms with E-state index < -0.39 is 0 Å². The number of H-pyrrole nitrogens is 1. The minimum atomic E-state index is -0.112. The van der Waals surface area contributed by atoms with Gasteiger partial charge in [0.05, 0.1) is 13.2 Å². The molecule has 138 valence electrons. The summed E-state index contributed by atoms with van der Waals surface area (Å²) >= 11 is 9.07. The van der Waals surface area contributed by atoms with Crippen molar-refractivity contribution in [2.75, 3.05) is 32.8 Å². The minimum absolute atomic E-state index is 0.105. The smallest absolute Gasteiger partial charge is 0.177 e. The Morgan fingerprint density at radius 2 is 2.15 bits per heavy atom. The van der Waals surface area contributed by atoms with Gasteiger partial charge in [-0.15, -0.1) is 0 Å². The molecular weight excluding hydrogens is 417 g/mol. The number of nitrogens with zero attached hydrogens (tertiary/aromatic N) is 2. The van der Waals surface area contributed by atoms with Gasteiger partial charge in [0.1, 0.15) is 5.82 Å². The lowest BCUT2D eigenvalue weighted by atomic mass is 9.93. The maximum absolute atomic E-state index is 14.5. The number of ether oxygens (including phenoxy) is 1. The number of hydrogen-bond donors (Lipinski definition) is 1. The highest BCUT2D eigenvalue weighted by molar-refractivity contribution is 9.10. The molecule has 2 atom stereocenters. The van der Waals surface area contributed by atoms with Crippen molar-refractivity contribution in [2.45, 2.75) is 30.7 Å². The second-order valence-corrected chi connectivity index (χ2v) is 8.92. The minimum Gasteiger partial charge on any atom is -0.379 e. The zero-order valence-corrected chi connectivity index (χ0v) is 16.8. The van der Waals surface area contributed by atoms with E-state index in [1.165, 1.54) is 11.4 Å². The predicted octanol–water partition coefficient (Wildman–Crippen LogP) is 3.76. The van der Waals surface area contributed by atoms with Crippen molar-refractivity contribution >= 4 is 28.1 Å². The first-order chi connectivity index (χ1) is 12.6. The third kappa shape index (κ3) is 2.63. The van der Waals surface area contributed by atoms with Crippen molar-refractivity contribution in [3.8, 4) is 0 Å². The molecule has 0 unspecified atom stereocenters. The van der Waals surface area contributed by atoms with Crippen LogP contribution in [0.15, 0.2) is 22.7 Å². The number of aromatic nitrogens is 2. The molecule has 1 aromatic heterocycles. The standard InChI is InChI=1S/C19H21BrFN3OS/c20-12-1-2-15(21)13(9-12)19-10-14(19)17-16(22-18(26)24(17)11-19)3-4-23-5-7-25-8-6-23/h1-2,9,14H,3-8,10-11H2,(H,22,26)/t14-,19+/m0/s1. The lowest BCUT2D eigenvalue weighted by molar-refractivity contribution is 0.0383. The topological polar surface area (TPSA) is 33.2 Å². The Labute approximate surface area is 165 Å². The highest BCUT2D eigenvalue weighted by Gasteiger charge is 2.63. The molecule has 1 aromatic carbocycles. The number of benzene rings is 1. The summed E-state index contributed by atoms with van der Waals surface area (Å²) < 4.78 is 23.9. The lowest BCUT2D eigenvalue weighted by Crippen LogP contribution is -2.37. The molecule has 2 aliphatic heterocycles. The fraction of sp³-hybridized carbons (Fsp3) is 0.526. The summed E-state index contributed by atoms with van der Waals surface area (Å²) in [6, 6.07) is 5.28. The van der Waals surface area contributed by atoms with E-state index in [1.807, 2.05) is 6.07 Å². The Morgan fingerprint density at radius 3 is 2.96 bits per heavy atom. The summed E-state index contributed by atoms with van der Waals surface area (Å²) in [6.45, 7) is 5.42. The Bertz CT molecular complexity index is 920. The van der Waals surface area contributed by atoms with E-state index in [0.29, 0.717) is 5.92 Å². The second kappa shape index (κ2) is 6.26. The van der Waals surface area contributed by atoms with Crippen LogP contribution in [0.25, 0.3) is 0 Å². The number of morpholine rings is 1. The maximum atomic E-state index is 14.5. The van der Waals surface area contributed by atoms with Gasteiger partial charge in [-0.2, -0.15) is 0 Å². The van der Waals surface area contributed by atoms with Gasteiger partial charge >= 0.3 is 0 Å². The predicted molar refractivity (Wildman–Crippen MR) is 104 cm³/mol. The molecule has 1 aliphatic carbocycles. The fourth-order valence-electron chi connectivity index (χ4n) is 4.76. The Hall–Kier alpha value is -1.02. The first-order valence-electron chi connectivity index (χ1n) is 9.16. The Balaban J connectivity index is 1.41. The lowest BCUT2D eigenvalue weighted by Gasteiger charge is -2.26. The zero-order chi connectivity index (χ0) is 17.9. The van der Waals surface area contributed by atoms with Crippen LogP contribution in [0, 0.1) is 10.6 Å². The molecular formula is C19H21BrFN3OS. The van der Waals surface area contributed by atoms with Gasteiger partial charge in [-0.25, -0.2) is 4.39 Å². The van der Waals surface area contributed by atoms with Crippen molar-refractivity contribution in [3.05, 3.63) is 50.2 Å². The normalized spacial score (nSPS) is 27.4. The molecule has 3 heterocycles. The molecule has 0 radical (unpaired) electrons. The Morgan fingerprint density at radius 1 is 1.35 bits per heavy atom. The van der Waals surface area contributed by atoms with Crippen LogP contribution in [0.4, 0.5) is 4.39 Å². The molecule has 1 saturated heterocycles. The summed E-state index contributed by atoms with van der Waals surface area (Å²) in [7, 11) is 0. The highest BCUT2D eigenvalue weighted by atomic mass is 79.9. The number of imidazole rings is 1. The monoisotopic (exact) mass is 437 g/mol. The molecule has 1 N–H and O–H groups in total. The van der Waals surface area contributed by atoms with Gasteiger partial charge < -0.3 is 14.3 Å². The van der Waals surface area contributed by atoms with Crippen LogP contribution in [0.3, 0.4) is 0 Å². The van der Waals surface area contributed by atoms with E-state index in [1.54, 1.807) is 12.1 Å². The van der Waals surface area contributed by atoms with Gasteiger partial charge in [0.25, 0.3) is 0 Å². The van der Waals surface area contributed by atoms with E-state index in [0.717, 1.165) is 67.0 Å². The molecule has 26 heavy (non-hydrogen) atoms. The van der Waals surface area contributed by atoms with Crippen molar-refractivity contribution in [2.24, 2.45) is 0 Å². The average Bonchev–Trinajstić information content (AvgIpc) is 3.14. The van der Waals surface area contributed by atoms with Crippen LogP contribution < -0.4 is 0 Å². The van der Waals surface area contributed by atoms with Gasteiger partial charge in [-0.1, -0.05) is 15.9 Å². The van der Waals surface area contributed by atoms with E-state index in [4.69, 9.17) is 17.0 Å². The van der Waals surface area contributed by atoms with Crippen molar-refractivity contribution in [3.63, 3.8) is 0 Å². The van der Waals surface area contributed by atoms with Crippen LogP contribution in [-0.4, -0.2) is 47.3 Å². The van der Waals surface area contributed by atoms with E-state index >= 15 is 0 Å². The molecule has 0 amide bonds. The van der Waals surface area contributed by atoms with Gasteiger partial charge in [0.2, 0.25) is 0 Å². The summed E-state index contributed by atoms with van der Waals surface area (Å²) in [6.07, 6.45) is 1.97. The molecule has 5 rings (SSSR count). The van der Waals surface area contributed by atoms with E-state index in [2.05, 4.69) is 30.4 Å². The number of hydrogen-bond acceptors (Lipinski definition) is 3. The first-order valence-corrected chi connectivity index (χ1v) is 10.4. The van der Waals surface area contributed by atoms with Crippen LogP contribution in [0.5, 0.6) is 0 Å². The summed E-state index contributed by atoms with van der Waals surface area (Å²) in [5, 5.41) is 0. The summed E-state index contributed by atoms with van der Waals surface area (Å²) in [5.41, 5.74) is 3.26. The maximum Gasteiger partial charge on any atom is 0.177 e. The van der Waals surface area contributed by atoms with Crippen LogP contribution in [-0.2, 0) is 23.1 Å². The number of rotatable bonds is 4. The van der Waals surface area contributed by atoms with Gasteiger partial charge in [-0.05, 0) is 42.4 Å². The quantitative estimate of drug-likeness (QED) is 0.739. The average molecular weight is 438 g/mol. The summed E-state index contributed by atoms with van der Waals surface area (Å²) in [5.74, 6) is 0.269. The number of halogens is 2. The Kier molecular flexibility index (Phi) is 4.12. The van der Waals surface area contributed by atoms with Crippen molar-refractivity contribution in [1.82, 2.24) is 14.5 Å². The number of aromatic amines is 1. The number of nitrogens with one attached hydrogen (secondary N) is 1.